The lowest BCUT2D eigenvalue weighted by atomic mass is 10.2. The lowest BCUT2D eigenvalue weighted by Crippen LogP contribution is -2.30. The minimum absolute atomic E-state index is 0.174. The molecule has 0 saturated carbocycles. The van der Waals surface area contributed by atoms with E-state index in [1.807, 2.05) is 54.6 Å². The maximum absolute atomic E-state index is 12.2. The normalized spacial score (nSPS) is 11.8. The molecule has 0 radical (unpaired) electrons. The van der Waals surface area contributed by atoms with E-state index in [9.17, 15) is 4.79 Å². The summed E-state index contributed by atoms with van der Waals surface area (Å²) >= 11 is 0. The molecule has 3 rings (SSSR count). The molecule has 4 nitrogen and oxygen atoms in total. The Morgan fingerprint density at radius 1 is 0.920 bits per heavy atom. The van der Waals surface area contributed by atoms with Gasteiger partial charge in [0.25, 0.3) is 5.91 Å². The molecule has 0 spiro atoms. The second kappa shape index (κ2) is 7.26. The molecule has 1 heterocycles. The molecule has 1 aromatic heterocycles. The highest BCUT2D eigenvalue weighted by atomic mass is 16.5. The second-order valence-corrected chi connectivity index (χ2v) is 6.06. The number of hydrogen-bond acceptors (Lipinski definition) is 2. The average Bonchev–Trinajstić information content (AvgIpc) is 2.95. The molecule has 0 bridgehead atoms. The molecule has 0 saturated heterocycles. The van der Waals surface area contributed by atoms with E-state index in [2.05, 4.69) is 35.9 Å². The Morgan fingerprint density at radius 3 is 2.12 bits per heavy atom. The fourth-order valence-electron chi connectivity index (χ4n) is 2.77. The van der Waals surface area contributed by atoms with Crippen LogP contribution in [0.2, 0.25) is 0 Å². The number of nitrogens with zero attached hydrogens (tertiary/aromatic N) is 1. The van der Waals surface area contributed by atoms with Gasteiger partial charge in [-0.3, -0.25) is 4.79 Å². The molecule has 2 aromatic carbocycles. The molecule has 1 amide bonds. The molecular formula is C21H22N2O2. The number of ether oxygens (including phenoxy) is 1. The molecule has 25 heavy (non-hydrogen) atoms. The van der Waals surface area contributed by atoms with Crippen molar-refractivity contribution in [2.75, 3.05) is 5.32 Å². The fraction of sp³-hybridized carbons (Fsp3) is 0.190. The minimum Gasteiger partial charge on any atom is -0.481 e. The number of para-hydroxylation sites is 1. The summed E-state index contributed by atoms with van der Waals surface area (Å²) in [6.45, 7) is 5.90. The van der Waals surface area contributed by atoms with E-state index in [1.165, 1.54) is 11.4 Å². The molecule has 4 heteroatoms. The number of hydrogen-bond donors (Lipinski definition) is 1. The van der Waals surface area contributed by atoms with E-state index in [-0.39, 0.29) is 5.91 Å². The van der Waals surface area contributed by atoms with Crippen LogP contribution in [0, 0.1) is 13.8 Å². The van der Waals surface area contributed by atoms with Crippen LogP contribution in [0.1, 0.15) is 18.3 Å². The Labute approximate surface area is 148 Å². The second-order valence-electron chi connectivity index (χ2n) is 6.06. The number of aryl methyl sites for hydroxylation is 2. The number of carbonyl (C=O) groups excluding carboxylic acids is 1. The van der Waals surface area contributed by atoms with Gasteiger partial charge in [-0.25, -0.2) is 0 Å². The Kier molecular flexibility index (Phi) is 4.89. The largest absolute Gasteiger partial charge is 0.481 e. The van der Waals surface area contributed by atoms with E-state index < -0.39 is 6.10 Å². The van der Waals surface area contributed by atoms with Crippen molar-refractivity contribution >= 4 is 11.6 Å². The summed E-state index contributed by atoms with van der Waals surface area (Å²) in [4.78, 5) is 12.2. The molecule has 1 unspecified atom stereocenters. The monoisotopic (exact) mass is 334 g/mol. The van der Waals surface area contributed by atoms with Gasteiger partial charge in [-0.15, -0.1) is 0 Å². The van der Waals surface area contributed by atoms with E-state index in [4.69, 9.17) is 4.74 Å². The van der Waals surface area contributed by atoms with Crippen LogP contribution in [0.3, 0.4) is 0 Å². The van der Waals surface area contributed by atoms with E-state index in [0.717, 1.165) is 11.4 Å². The quantitative estimate of drug-likeness (QED) is 0.746. The number of anilines is 1. The summed E-state index contributed by atoms with van der Waals surface area (Å²) in [6, 6.07) is 21.3. The third-order valence-electron chi connectivity index (χ3n) is 4.09. The van der Waals surface area contributed by atoms with Gasteiger partial charge in [0.1, 0.15) is 5.75 Å². The summed E-state index contributed by atoms with van der Waals surface area (Å²) in [6.07, 6.45) is -0.582. The van der Waals surface area contributed by atoms with Gasteiger partial charge in [0.05, 0.1) is 0 Å². The van der Waals surface area contributed by atoms with Gasteiger partial charge in [0.15, 0.2) is 6.10 Å². The van der Waals surface area contributed by atoms with Crippen LogP contribution >= 0.6 is 0 Å². The van der Waals surface area contributed by atoms with Crippen molar-refractivity contribution in [2.45, 2.75) is 26.9 Å². The summed E-state index contributed by atoms with van der Waals surface area (Å²) in [5.41, 5.74) is 4.20. The first kappa shape index (κ1) is 16.8. The third kappa shape index (κ3) is 3.91. The zero-order chi connectivity index (χ0) is 17.8. The predicted octanol–water partition coefficient (Wildman–Crippen LogP) is 4.50. The first-order valence-electron chi connectivity index (χ1n) is 8.32. The van der Waals surface area contributed by atoms with Crippen LogP contribution in [0.4, 0.5) is 5.69 Å². The smallest absolute Gasteiger partial charge is 0.265 e. The molecule has 128 valence electrons. The van der Waals surface area contributed by atoms with Gasteiger partial charge >= 0.3 is 0 Å². The van der Waals surface area contributed by atoms with Gasteiger partial charge in [-0.05, 0) is 69.3 Å². The number of benzene rings is 2. The molecule has 0 fully saturated rings. The Balaban J connectivity index is 1.66. The lowest BCUT2D eigenvalue weighted by Gasteiger charge is -2.16. The van der Waals surface area contributed by atoms with Crippen LogP contribution in [-0.4, -0.2) is 16.6 Å². The first-order chi connectivity index (χ1) is 12.0. The van der Waals surface area contributed by atoms with Gasteiger partial charge in [-0.2, -0.15) is 0 Å². The number of nitrogens with one attached hydrogen (secondary N) is 1. The number of amides is 1. The lowest BCUT2D eigenvalue weighted by molar-refractivity contribution is -0.122. The van der Waals surface area contributed by atoms with E-state index in [1.54, 1.807) is 6.92 Å². The van der Waals surface area contributed by atoms with Crippen LogP contribution in [0.15, 0.2) is 66.7 Å². The summed E-state index contributed by atoms with van der Waals surface area (Å²) < 4.78 is 7.94. The predicted molar refractivity (Wildman–Crippen MR) is 100 cm³/mol. The zero-order valence-electron chi connectivity index (χ0n) is 14.7. The van der Waals surface area contributed by atoms with Crippen LogP contribution in [-0.2, 0) is 4.79 Å². The van der Waals surface area contributed by atoms with Crippen molar-refractivity contribution in [3.05, 3.63) is 78.1 Å². The third-order valence-corrected chi connectivity index (χ3v) is 4.09. The van der Waals surface area contributed by atoms with Crippen molar-refractivity contribution < 1.29 is 9.53 Å². The van der Waals surface area contributed by atoms with Crippen molar-refractivity contribution in [2.24, 2.45) is 0 Å². The van der Waals surface area contributed by atoms with Crippen molar-refractivity contribution in [1.82, 2.24) is 4.57 Å². The highest BCUT2D eigenvalue weighted by molar-refractivity contribution is 5.94. The Hall–Kier alpha value is -3.01. The Bertz CT molecular complexity index is 832. The number of rotatable bonds is 5. The maximum Gasteiger partial charge on any atom is 0.265 e. The van der Waals surface area contributed by atoms with Crippen LogP contribution in [0.5, 0.6) is 5.75 Å². The molecular weight excluding hydrogens is 312 g/mol. The topological polar surface area (TPSA) is 43.3 Å². The summed E-state index contributed by atoms with van der Waals surface area (Å²) in [5.74, 6) is 0.495. The first-order valence-corrected chi connectivity index (χ1v) is 8.32. The van der Waals surface area contributed by atoms with Gasteiger partial charge in [-0.1, -0.05) is 18.2 Å². The summed E-state index contributed by atoms with van der Waals surface area (Å²) in [5, 5.41) is 2.84. The highest BCUT2D eigenvalue weighted by Gasteiger charge is 2.15. The Morgan fingerprint density at radius 2 is 1.52 bits per heavy atom. The molecule has 0 aliphatic heterocycles. The van der Waals surface area contributed by atoms with Crippen molar-refractivity contribution in [3.63, 3.8) is 0 Å². The minimum atomic E-state index is -0.582. The van der Waals surface area contributed by atoms with E-state index in [0.29, 0.717) is 5.75 Å². The molecule has 3 aromatic rings. The molecule has 1 N–H and O–H groups in total. The molecule has 1 atom stereocenters. The van der Waals surface area contributed by atoms with Gasteiger partial charge < -0.3 is 14.6 Å². The standard InChI is InChI=1S/C21H22N2O2/c1-15-9-10-16(2)23(15)19-11-13-20(14-12-19)25-17(3)21(24)22-18-7-5-4-6-8-18/h4-14,17H,1-3H3,(H,22,24). The maximum atomic E-state index is 12.2. The van der Waals surface area contributed by atoms with Crippen LogP contribution in [0.25, 0.3) is 5.69 Å². The fourth-order valence-corrected chi connectivity index (χ4v) is 2.77. The van der Waals surface area contributed by atoms with Crippen molar-refractivity contribution in [3.8, 4) is 11.4 Å². The summed E-state index contributed by atoms with van der Waals surface area (Å²) in [7, 11) is 0. The van der Waals surface area contributed by atoms with Gasteiger partial charge in [0.2, 0.25) is 0 Å². The average molecular weight is 334 g/mol. The number of carbonyl (C=O) groups is 1. The van der Waals surface area contributed by atoms with Crippen LogP contribution < -0.4 is 10.1 Å². The number of aromatic nitrogens is 1. The SMILES string of the molecule is Cc1ccc(C)n1-c1ccc(OC(C)C(=O)Nc2ccccc2)cc1. The van der Waals surface area contributed by atoms with E-state index >= 15 is 0 Å². The highest BCUT2D eigenvalue weighted by Crippen LogP contribution is 2.20. The van der Waals surface area contributed by atoms with Gasteiger partial charge in [0, 0.05) is 22.8 Å². The zero-order valence-corrected chi connectivity index (χ0v) is 14.7. The molecule has 0 aliphatic rings. The van der Waals surface area contributed by atoms with Crippen molar-refractivity contribution in [1.29, 1.82) is 0 Å². The molecule has 0 aliphatic carbocycles.